The van der Waals surface area contributed by atoms with Gasteiger partial charge in [-0.05, 0) is 24.5 Å². The van der Waals surface area contributed by atoms with Crippen molar-refractivity contribution in [1.29, 1.82) is 0 Å². The molecule has 0 atom stereocenters. The van der Waals surface area contributed by atoms with Crippen LogP contribution < -0.4 is 14.8 Å². The Morgan fingerprint density at radius 2 is 2.04 bits per heavy atom. The van der Waals surface area contributed by atoms with Crippen LogP contribution in [0.2, 0.25) is 0 Å². The Bertz CT molecular complexity index is 1050. The van der Waals surface area contributed by atoms with E-state index in [0.717, 1.165) is 4.90 Å². The highest BCUT2D eigenvalue weighted by molar-refractivity contribution is 7.98. The van der Waals surface area contributed by atoms with Crippen LogP contribution in [0.25, 0.3) is 10.1 Å². The van der Waals surface area contributed by atoms with Gasteiger partial charge in [-0.15, -0.1) is 23.1 Å². The second kappa shape index (κ2) is 7.98. The van der Waals surface area contributed by atoms with Crippen molar-refractivity contribution in [2.24, 2.45) is 0 Å². The summed E-state index contributed by atoms with van der Waals surface area (Å²) in [4.78, 5) is 14.4. The number of thiophene rings is 1. The van der Waals surface area contributed by atoms with E-state index >= 15 is 0 Å². The molecule has 146 valence electrons. The largest absolute Gasteiger partial charge is 0.486 e. The van der Waals surface area contributed by atoms with Gasteiger partial charge in [0.25, 0.3) is 5.91 Å². The van der Waals surface area contributed by atoms with Crippen LogP contribution in [0.15, 0.2) is 35.2 Å². The molecule has 1 N–H and O–H groups in total. The van der Waals surface area contributed by atoms with Gasteiger partial charge in [-0.25, -0.2) is 4.39 Å². The number of thioether (sulfide) groups is 1. The Labute approximate surface area is 169 Å². The number of halogens is 1. The molecule has 0 aliphatic carbocycles. The number of carbonyl (C=O) groups excluding carboxylic acids is 1. The Hall–Kier alpha value is -2.29. The minimum absolute atomic E-state index is 0.153. The SMILES string of the molecule is COCc1c(C(=O)Nc2cc3c(cc2SC)OCCO3)sc2cccc(F)c12. The Kier molecular flexibility index (Phi) is 5.43. The van der Waals surface area contributed by atoms with Crippen LogP contribution in [0.3, 0.4) is 0 Å². The standard InChI is InChI=1S/C20H18FNO4S2/c1-24-10-11-18-12(21)4-3-5-16(18)28-19(11)20(23)22-13-8-14-15(9-17(13)27-2)26-7-6-25-14/h3-5,8-9H,6-7,10H2,1-2H3,(H,22,23). The molecular weight excluding hydrogens is 401 g/mol. The zero-order valence-corrected chi connectivity index (χ0v) is 17.0. The van der Waals surface area contributed by atoms with Crippen LogP contribution in [0.5, 0.6) is 11.5 Å². The minimum atomic E-state index is -0.357. The summed E-state index contributed by atoms with van der Waals surface area (Å²) < 4.78 is 31.5. The van der Waals surface area contributed by atoms with Gasteiger partial charge in [0.15, 0.2) is 11.5 Å². The summed E-state index contributed by atoms with van der Waals surface area (Å²) in [6.07, 6.45) is 1.92. The van der Waals surface area contributed by atoms with E-state index in [9.17, 15) is 9.18 Å². The third kappa shape index (κ3) is 3.43. The molecule has 0 saturated carbocycles. The first-order chi connectivity index (χ1) is 13.6. The Morgan fingerprint density at radius 1 is 1.29 bits per heavy atom. The van der Waals surface area contributed by atoms with Crippen molar-refractivity contribution in [3.8, 4) is 11.5 Å². The third-order valence-corrected chi connectivity index (χ3v) is 6.34. The lowest BCUT2D eigenvalue weighted by Gasteiger charge is -2.21. The lowest BCUT2D eigenvalue weighted by Crippen LogP contribution is -2.17. The Balaban J connectivity index is 1.73. The van der Waals surface area contributed by atoms with Gasteiger partial charge in [-0.2, -0.15) is 0 Å². The summed E-state index contributed by atoms with van der Waals surface area (Å²) in [5.41, 5.74) is 1.18. The number of rotatable bonds is 5. The summed E-state index contributed by atoms with van der Waals surface area (Å²) >= 11 is 2.75. The predicted molar refractivity (Wildman–Crippen MR) is 110 cm³/mol. The van der Waals surface area contributed by atoms with E-state index in [-0.39, 0.29) is 18.3 Å². The molecule has 1 aliphatic heterocycles. The van der Waals surface area contributed by atoms with Crippen LogP contribution in [0, 0.1) is 5.82 Å². The Morgan fingerprint density at radius 3 is 2.75 bits per heavy atom. The van der Waals surface area contributed by atoms with Crippen molar-refractivity contribution in [2.45, 2.75) is 11.5 Å². The fraction of sp³-hybridized carbons (Fsp3) is 0.250. The van der Waals surface area contributed by atoms with E-state index < -0.39 is 0 Å². The van der Waals surface area contributed by atoms with Crippen molar-refractivity contribution in [3.63, 3.8) is 0 Å². The average molecular weight is 419 g/mol. The summed E-state index contributed by atoms with van der Waals surface area (Å²) in [6.45, 7) is 1.12. The van der Waals surface area contributed by atoms with Crippen molar-refractivity contribution in [1.82, 2.24) is 0 Å². The predicted octanol–water partition coefficient (Wildman–Crippen LogP) is 4.93. The topological polar surface area (TPSA) is 56.8 Å². The molecule has 5 nitrogen and oxygen atoms in total. The normalized spacial score (nSPS) is 13.0. The maximum absolute atomic E-state index is 14.4. The van der Waals surface area contributed by atoms with Gasteiger partial charge >= 0.3 is 0 Å². The number of fused-ring (bicyclic) bond motifs is 2. The van der Waals surface area contributed by atoms with Gasteiger partial charge in [0, 0.05) is 33.7 Å². The van der Waals surface area contributed by atoms with Gasteiger partial charge in [0.05, 0.1) is 17.2 Å². The second-order valence-electron chi connectivity index (χ2n) is 6.11. The number of hydrogen-bond acceptors (Lipinski definition) is 6. The molecule has 2 heterocycles. The summed E-state index contributed by atoms with van der Waals surface area (Å²) in [5, 5.41) is 3.38. The van der Waals surface area contributed by atoms with Crippen molar-refractivity contribution < 1.29 is 23.4 Å². The lowest BCUT2D eigenvalue weighted by atomic mass is 10.1. The third-order valence-electron chi connectivity index (χ3n) is 4.37. The molecule has 0 fully saturated rings. The molecule has 4 rings (SSSR count). The van der Waals surface area contributed by atoms with Gasteiger partial charge in [-0.1, -0.05) is 6.07 Å². The van der Waals surface area contributed by atoms with Crippen LogP contribution in [-0.4, -0.2) is 32.5 Å². The number of amides is 1. The summed E-state index contributed by atoms with van der Waals surface area (Å²) in [6, 6.07) is 8.45. The smallest absolute Gasteiger partial charge is 0.266 e. The maximum Gasteiger partial charge on any atom is 0.266 e. The van der Waals surface area contributed by atoms with Crippen molar-refractivity contribution >= 4 is 44.8 Å². The van der Waals surface area contributed by atoms with Gasteiger partial charge < -0.3 is 19.5 Å². The lowest BCUT2D eigenvalue weighted by molar-refractivity contribution is 0.102. The summed E-state index contributed by atoms with van der Waals surface area (Å²) in [7, 11) is 1.53. The van der Waals surface area contributed by atoms with Gasteiger partial charge in [-0.3, -0.25) is 4.79 Å². The molecule has 2 aromatic carbocycles. The highest BCUT2D eigenvalue weighted by atomic mass is 32.2. The van der Waals surface area contributed by atoms with Crippen molar-refractivity contribution in [3.05, 3.63) is 46.6 Å². The first-order valence-corrected chi connectivity index (χ1v) is 10.6. The molecule has 0 unspecified atom stereocenters. The van der Waals surface area contributed by atoms with Crippen LogP contribution in [0.1, 0.15) is 15.2 Å². The van der Waals surface area contributed by atoms with E-state index in [1.165, 1.54) is 36.3 Å². The fourth-order valence-corrected chi connectivity index (χ4v) is 4.82. The second-order valence-corrected chi connectivity index (χ2v) is 8.01. The molecule has 0 spiro atoms. The quantitative estimate of drug-likeness (QED) is 0.594. The first kappa shape index (κ1) is 19.0. The molecule has 1 amide bonds. The highest BCUT2D eigenvalue weighted by Gasteiger charge is 2.23. The number of ether oxygens (including phenoxy) is 3. The number of anilines is 1. The number of hydrogen-bond donors (Lipinski definition) is 1. The summed E-state index contributed by atoms with van der Waals surface area (Å²) in [5.74, 6) is 0.597. The molecule has 0 radical (unpaired) electrons. The van der Waals surface area contributed by atoms with Gasteiger partial charge in [0.1, 0.15) is 19.0 Å². The molecule has 3 aromatic rings. The highest BCUT2D eigenvalue weighted by Crippen LogP contribution is 2.40. The number of benzene rings is 2. The van der Waals surface area contributed by atoms with E-state index in [2.05, 4.69) is 5.32 Å². The monoisotopic (exact) mass is 419 g/mol. The molecular formula is C20H18FNO4S2. The number of nitrogens with one attached hydrogen (secondary N) is 1. The van der Waals surface area contributed by atoms with E-state index in [4.69, 9.17) is 14.2 Å². The molecule has 1 aromatic heterocycles. The van der Waals surface area contributed by atoms with Gasteiger partial charge in [0.2, 0.25) is 0 Å². The van der Waals surface area contributed by atoms with Crippen LogP contribution in [-0.2, 0) is 11.3 Å². The molecule has 0 saturated heterocycles. The van der Waals surface area contributed by atoms with E-state index in [1.54, 1.807) is 18.2 Å². The zero-order valence-electron chi connectivity index (χ0n) is 15.3. The molecule has 28 heavy (non-hydrogen) atoms. The molecule has 0 bridgehead atoms. The number of carbonyl (C=O) groups is 1. The van der Waals surface area contributed by atoms with Crippen LogP contribution >= 0.6 is 23.1 Å². The van der Waals surface area contributed by atoms with E-state index in [0.29, 0.717) is 50.9 Å². The maximum atomic E-state index is 14.4. The molecule has 1 aliphatic rings. The first-order valence-electron chi connectivity index (χ1n) is 8.60. The minimum Gasteiger partial charge on any atom is -0.486 e. The average Bonchev–Trinajstić information content (AvgIpc) is 3.07. The van der Waals surface area contributed by atoms with E-state index in [1.807, 2.05) is 12.3 Å². The van der Waals surface area contributed by atoms with Crippen LogP contribution in [0.4, 0.5) is 10.1 Å². The van der Waals surface area contributed by atoms with Crippen molar-refractivity contribution in [2.75, 3.05) is 31.9 Å². The zero-order chi connectivity index (χ0) is 19.7. The number of methoxy groups -OCH3 is 1. The fourth-order valence-electron chi connectivity index (χ4n) is 3.15. The molecule has 8 heteroatoms.